The van der Waals surface area contributed by atoms with Crippen molar-refractivity contribution < 1.29 is 57.1 Å². The fourth-order valence-corrected chi connectivity index (χ4v) is 2.55. The predicted molar refractivity (Wildman–Crippen MR) is 169 cm³/mol. The molecule has 2 unspecified atom stereocenters. The number of hydrogen-bond donors (Lipinski definition) is 0. The van der Waals surface area contributed by atoms with Crippen LogP contribution in [0, 0.1) is 0 Å². The molecule has 0 aliphatic rings. The molecule has 264 valence electrons. The van der Waals surface area contributed by atoms with Crippen LogP contribution in [-0.4, -0.2) is 102 Å². The summed E-state index contributed by atoms with van der Waals surface area (Å²) in [4.78, 5) is 41.8. The minimum Gasteiger partial charge on any atom is -0.466 e. The Hall–Kier alpha value is -2.28. The summed E-state index contributed by atoms with van der Waals surface area (Å²) in [7, 11) is 1.65. The van der Waals surface area contributed by atoms with Gasteiger partial charge in [0.05, 0.1) is 31.5 Å². The third kappa shape index (κ3) is 49.4. The van der Waals surface area contributed by atoms with E-state index in [1.54, 1.807) is 14.0 Å². The van der Waals surface area contributed by atoms with Crippen molar-refractivity contribution in [1.82, 2.24) is 0 Å². The van der Waals surface area contributed by atoms with Crippen molar-refractivity contribution in [2.24, 2.45) is 0 Å². The van der Waals surface area contributed by atoms with Crippen LogP contribution in [0.25, 0.3) is 0 Å². The van der Waals surface area contributed by atoms with Crippen molar-refractivity contribution in [2.45, 2.75) is 126 Å². The summed E-state index contributed by atoms with van der Waals surface area (Å²) in [6, 6.07) is 0. The van der Waals surface area contributed by atoms with Gasteiger partial charge in [0, 0.05) is 60.5 Å². The maximum atomic E-state index is 10.9. The Morgan fingerprint density at radius 3 is 1.73 bits per heavy atom. The summed E-state index contributed by atoms with van der Waals surface area (Å²) >= 11 is 0. The molecule has 0 spiro atoms. The van der Waals surface area contributed by atoms with Gasteiger partial charge in [0.15, 0.2) is 0 Å². The highest BCUT2D eigenvalue weighted by atomic mass is 16.6. The molecule has 0 amide bonds. The van der Waals surface area contributed by atoms with Crippen LogP contribution in [0.15, 0.2) is 0 Å². The normalized spacial score (nSPS) is 11.5. The number of methoxy groups -OCH3 is 1. The molecule has 0 aromatic heterocycles. The quantitative estimate of drug-likeness (QED) is 0.0947. The second-order valence-electron chi connectivity index (χ2n) is 10.1. The van der Waals surface area contributed by atoms with Crippen LogP contribution in [0.4, 0.5) is 0 Å². The van der Waals surface area contributed by atoms with E-state index in [2.05, 4.69) is 6.92 Å². The monoisotopic (exact) mass is 640 g/mol. The molecule has 0 N–H and O–H groups in total. The number of carbonyl (C=O) groups excluding carboxylic acids is 4. The van der Waals surface area contributed by atoms with Gasteiger partial charge in [0.2, 0.25) is 0 Å². The summed E-state index contributed by atoms with van der Waals surface area (Å²) in [5.41, 5.74) is -0.199. The van der Waals surface area contributed by atoms with Gasteiger partial charge in [-0.15, -0.1) is 0 Å². The molecule has 0 aliphatic heterocycles. The average Bonchev–Trinajstić information content (AvgIpc) is 2.93. The van der Waals surface area contributed by atoms with E-state index in [4.69, 9.17) is 37.9 Å². The molecule has 44 heavy (non-hydrogen) atoms. The minimum absolute atomic E-state index is 0.00824. The smallest absolute Gasteiger partial charge is 0.305 e. The second kappa shape index (κ2) is 35.2. The summed E-state index contributed by atoms with van der Waals surface area (Å²) < 4.78 is 39.6. The second-order valence-corrected chi connectivity index (χ2v) is 10.1. The lowest BCUT2D eigenvalue weighted by molar-refractivity contribution is -0.148. The van der Waals surface area contributed by atoms with Crippen molar-refractivity contribution in [3.8, 4) is 0 Å². The lowest BCUT2D eigenvalue weighted by atomic mass is 10.1. The number of rotatable bonds is 20. The van der Waals surface area contributed by atoms with Gasteiger partial charge in [0.1, 0.15) is 19.3 Å². The molecule has 0 heterocycles. The van der Waals surface area contributed by atoms with Gasteiger partial charge in [-0.05, 0) is 54.4 Å². The molecule has 12 nitrogen and oxygen atoms in total. The van der Waals surface area contributed by atoms with Crippen LogP contribution in [0.2, 0.25) is 0 Å². The molecule has 0 aromatic rings. The summed E-state index contributed by atoms with van der Waals surface area (Å²) in [6.45, 7) is 23.9. The molecular weight excluding hydrogens is 576 g/mol. The van der Waals surface area contributed by atoms with Crippen LogP contribution < -0.4 is 0 Å². The van der Waals surface area contributed by atoms with Crippen LogP contribution in [0.1, 0.15) is 108 Å². The highest BCUT2D eigenvalue weighted by Gasteiger charge is 2.16. The molecule has 0 fully saturated rings. The lowest BCUT2D eigenvalue weighted by Crippen LogP contribution is -2.24. The van der Waals surface area contributed by atoms with Crippen molar-refractivity contribution in [3.05, 3.63) is 0 Å². The van der Waals surface area contributed by atoms with E-state index in [9.17, 15) is 19.2 Å². The van der Waals surface area contributed by atoms with Gasteiger partial charge in [-0.25, -0.2) is 0 Å². The summed E-state index contributed by atoms with van der Waals surface area (Å²) in [6.07, 6.45) is 4.16. The van der Waals surface area contributed by atoms with Crippen molar-refractivity contribution in [3.63, 3.8) is 0 Å². The third-order valence-corrected chi connectivity index (χ3v) is 5.05. The number of hydrogen-bond acceptors (Lipinski definition) is 12. The highest BCUT2D eigenvalue weighted by molar-refractivity contribution is 5.69. The SMILES string of the molecule is CCCCOCCOC(=O)CCC.CCOC(C)COC(C)=O.CCOCC(C)OC(C)=O.COC(C)(C)CCOC(C)=O. The predicted octanol–water partition coefficient (Wildman–Crippen LogP) is 5.46. The van der Waals surface area contributed by atoms with Crippen LogP contribution in [0.5, 0.6) is 0 Å². The lowest BCUT2D eigenvalue weighted by Gasteiger charge is -2.21. The number of ether oxygens (including phenoxy) is 8. The number of esters is 4. The third-order valence-electron chi connectivity index (χ3n) is 5.05. The fourth-order valence-electron chi connectivity index (χ4n) is 2.55. The van der Waals surface area contributed by atoms with E-state index in [1.807, 2.05) is 41.5 Å². The van der Waals surface area contributed by atoms with Gasteiger partial charge in [-0.3, -0.25) is 19.2 Å². The molecule has 0 rings (SSSR count). The Labute approximate surface area is 267 Å². The molecule has 0 radical (unpaired) electrons. The average molecular weight is 641 g/mol. The summed E-state index contributed by atoms with van der Waals surface area (Å²) in [5, 5.41) is 0. The molecule has 0 saturated carbocycles. The Morgan fingerprint density at radius 2 is 1.27 bits per heavy atom. The molecule has 0 bridgehead atoms. The molecule has 0 aliphatic carbocycles. The molecule has 2 atom stereocenters. The zero-order valence-electron chi connectivity index (χ0n) is 29.7. The van der Waals surface area contributed by atoms with E-state index >= 15 is 0 Å². The standard InChI is InChI=1S/C10H20O3.C8H16O3.2C7H14O3/c1-3-5-7-12-8-9-13-10(11)6-4-2;1-7(9)11-6-5-8(2,3)10-4;1-4-9-6(2)5-10-7(3)8;1-4-9-5-6(2)10-7(3)8/h3-9H2,1-2H3;5-6H2,1-4H3;2*6H,4-5H2,1-3H3. The molecule has 0 aromatic carbocycles. The van der Waals surface area contributed by atoms with E-state index in [0.29, 0.717) is 52.7 Å². The van der Waals surface area contributed by atoms with E-state index in [1.165, 1.54) is 20.8 Å². The largest absolute Gasteiger partial charge is 0.466 e. The molecule has 0 saturated heterocycles. The molecule has 12 heteroatoms. The maximum absolute atomic E-state index is 10.9. The maximum Gasteiger partial charge on any atom is 0.305 e. The first-order valence-electron chi connectivity index (χ1n) is 15.5. The topological polar surface area (TPSA) is 142 Å². The Bertz CT molecular complexity index is 682. The van der Waals surface area contributed by atoms with Crippen LogP contribution in [0.3, 0.4) is 0 Å². The van der Waals surface area contributed by atoms with E-state index < -0.39 is 0 Å². The Kier molecular flexibility index (Phi) is 38.9. The Balaban J connectivity index is -0.000000244. The highest BCUT2D eigenvalue weighted by Crippen LogP contribution is 2.12. The van der Waals surface area contributed by atoms with E-state index in [0.717, 1.165) is 32.3 Å². The van der Waals surface area contributed by atoms with Gasteiger partial charge in [-0.2, -0.15) is 0 Å². The number of unbranched alkanes of at least 4 members (excludes halogenated alkanes) is 1. The molecular formula is C32H64O12. The van der Waals surface area contributed by atoms with E-state index in [-0.39, 0.29) is 41.7 Å². The van der Waals surface area contributed by atoms with Crippen molar-refractivity contribution >= 4 is 23.9 Å². The van der Waals surface area contributed by atoms with Gasteiger partial charge in [-0.1, -0.05) is 20.3 Å². The minimum atomic E-state index is -0.258. The van der Waals surface area contributed by atoms with Gasteiger partial charge < -0.3 is 37.9 Å². The first-order valence-corrected chi connectivity index (χ1v) is 15.5. The van der Waals surface area contributed by atoms with Crippen LogP contribution >= 0.6 is 0 Å². The van der Waals surface area contributed by atoms with Gasteiger partial charge in [0.25, 0.3) is 0 Å². The van der Waals surface area contributed by atoms with Crippen molar-refractivity contribution in [1.29, 1.82) is 0 Å². The fraction of sp³-hybridized carbons (Fsp3) is 0.875. The zero-order chi connectivity index (χ0) is 34.8. The van der Waals surface area contributed by atoms with Crippen LogP contribution in [-0.2, 0) is 57.1 Å². The van der Waals surface area contributed by atoms with Crippen molar-refractivity contribution in [2.75, 3.05) is 60.0 Å². The first kappa shape index (κ1) is 48.6. The zero-order valence-corrected chi connectivity index (χ0v) is 29.7. The Morgan fingerprint density at radius 1 is 0.659 bits per heavy atom. The number of carbonyl (C=O) groups is 4. The first-order chi connectivity index (χ1) is 20.6. The van der Waals surface area contributed by atoms with Gasteiger partial charge >= 0.3 is 23.9 Å². The summed E-state index contributed by atoms with van der Waals surface area (Å²) in [5.74, 6) is -0.878.